The Hall–Kier alpha value is -1.22. The molecule has 0 bridgehead atoms. The molecule has 94 valence electrons. The maximum absolute atomic E-state index is 9.49. The lowest BCUT2D eigenvalue weighted by molar-refractivity contribution is 0.348. The Morgan fingerprint density at radius 1 is 1.29 bits per heavy atom. The second-order valence-electron chi connectivity index (χ2n) is 5.08. The fourth-order valence-electron chi connectivity index (χ4n) is 2.37. The van der Waals surface area contributed by atoms with Crippen molar-refractivity contribution in [3.8, 4) is 5.75 Å². The number of hydrogen-bond acceptors (Lipinski definition) is 3. The molecule has 1 fully saturated rings. The summed E-state index contributed by atoms with van der Waals surface area (Å²) in [5, 5.41) is 13.1. The van der Waals surface area contributed by atoms with Gasteiger partial charge in [-0.05, 0) is 70.1 Å². The Balaban J connectivity index is 1.97. The molecule has 2 N–H and O–H groups in total. The van der Waals surface area contributed by atoms with E-state index in [0.29, 0.717) is 11.8 Å². The highest BCUT2D eigenvalue weighted by atomic mass is 16.3. The zero-order chi connectivity index (χ0) is 12.3. The molecule has 3 nitrogen and oxygen atoms in total. The minimum atomic E-state index is 0.371. The van der Waals surface area contributed by atoms with E-state index in [1.54, 1.807) is 6.07 Å². The molecule has 17 heavy (non-hydrogen) atoms. The van der Waals surface area contributed by atoms with E-state index in [-0.39, 0.29) is 0 Å². The fourth-order valence-corrected chi connectivity index (χ4v) is 2.37. The van der Waals surface area contributed by atoms with Gasteiger partial charge in [0, 0.05) is 11.7 Å². The number of nitrogens with one attached hydrogen (secondary N) is 1. The standard InChI is InChI=1S/C14H22N2O/c1-11-10-13(5-6-14(11)17)15-12-4-3-8-16(2)9-7-12/h5-6,10,12,15,17H,3-4,7-9H2,1-2H3. The fraction of sp³-hybridized carbons (Fsp3) is 0.571. The molecule has 1 unspecified atom stereocenters. The first kappa shape index (κ1) is 12.2. The third-order valence-corrected chi connectivity index (χ3v) is 3.52. The minimum Gasteiger partial charge on any atom is -0.508 e. The smallest absolute Gasteiger partial charge is 0.118 e. The summed E-state index contributed by atoms with van der Waals surface area (Å²) in [4.78, 5) is 2.39. The van der Waals surface area contributed by atoms with Crippen LogP contribution >= 0.6 is 0 Å². The van der Waals surface area contributed by atoms with Crippen molar-refractivity contribution >= 4 is 5.69 Å². The maximum Gasteiger partial charge on any atom is 0.118 e. The molecule has 1 aliphatic rings. The number of phenolic OH excluding ortho intramolecular Hbond substituents is 1. The van der Waals surface area contributed by atoms with Crippen molar-refractivity contribution in [1.82, 2.24) is 4.90 Å². The van der Waals surface area contributed by atoms with Crippen molar-refractivity contribution in [2.45, 2.75) is 32.2 Å². The first-order valence-electron chi connectivity index (χ1n) is 6.40. The first-order valence-corrected chi connectivity index (χ1v) is 6.40. The van der Waals surface area contributed by atoms with Crippen molar-refractivity contribution in [1.29, 1.82) is 0 Å². The van der Waals surface area contributed by atoms with Crippen LogP contribution in [0.15, 0.2) is 18.2 Å². The van der Waals surface area contributed by atoms with Crippen LogP contribution in [0.25, 0.3) is 0 Å². The van der Waals surface area contributed by atoms with Crippen LogP contribution in [0.2, 0.25) is 0 Å². The van der Waals surface area contributed by atoms with Gasteiger partial charge in [-0.15, -0.1) is 0 Å². The number of rotatable bonds is 2. The lowest BCUT2D eigenvalue weighted by Crippen LogP contribution is -2.22. The predicted octanol–water partition coefficient (Wildman–Crippen LogP) is 2.60. The van der Waals surface area contributed by atoms with Crippen molar-refractivity contribution in [2.24, 2.45) is 0 Å². The number of likely N-dealkylation sites (tertiary alicyclic amines) is 1. The van der Waals surface area contributed by atoms with E-state index in [9.17, 15) is 5.11 Å². The highest BCUT2D eigenvalue weighted by Gasteiger charge is 2.14. The first-order chi connectivity index (χ1) is 8.15. The highest BCUT2D eigenvalue weighted by molar-refractivity contribution is 5.50. The molecule has 1 atom stereocenters. The average molecular weight is 234 g/mol. The number of benzene rings is 1. The van der Waals surface area contributed by atoms with Gasteiger partial charge in [-0.1, -0.05) is 0 Å². The number of anilines is 1. The molecule has 0 spiro atoms. The van der Waals surface area contributed by atoms with E-state index >= 15 is 0 Å². The Kier molecular flexibility index (Phi) is 3.89. The lowest BCUT2D eigenvalue weighted by Gasteiger charge is -2.18. The molecule has 1 saturated heterocycles. The molecule has 0 aliphatic carbocycles. The van der Waals surface area contributed by atoms with Gasteiger partial charge in [0.25, 0.3) is 0 Å². The van der Waals surface area contributed by atoms with Crippen LogP contribution in [0.3, 0.4) is 0 Å². The maximum atomic E-state index is 9.49. The van der Waals surface area contributed by atoms with Crippen LogP contribution in [-0.2, 0) is 0 Å². The lowest BCUT2D eigenvalue weighted by atomic mass is 10.1. The summed E-state index contributed by atoms with van der Waals surface area (Å²) in [5.41, 5.74) is 2.05. The summed E-state index contributed by atoms with van der Waals surface area (Å²) < 4.78 is 0. The van der Waals surface area contributed by atoms with Crippen molar-refractivity contribution in [2.75, 3.05) is 25.5 Å². The quantitative estimate of drug-likeness (QED) is 0.772. The summed E-state index contributed by atoms with van der Waals surface area (Å²) in [6, 6.07) is 6.30. The van der Waals surface area contributed by atoms with Gasteiger partial charge in [0.2, 0.25) is 0 Å². The van der Waals surface area contributed by atoms with E-state index < -0.39 is 0 Å². The number of aromatic hydroxyl groups is 1. The molecule has 1 aromatic carbocycles. The van der Waals surface area contributed by atoms with Crippen LogP contribution in [0.4, 0.5) is 5.69 Å². The monoisotopic (exact) mass is 234 g/mol. The van der Waals surface area contributed by atoms with Gasteiger partial charge in [0.1, 0.15) is 5.75 Å². The Labute approximate surface area is 103 Å². The Bertz CT molecular complexity index is 378. The highest BCUT2D eigenvalue weighted by Crippen LogP contribution is 2.22. The summed E-state index contributed by atoms with van der Waals surface area (Å²) in [5.74, 6) is 0.371. The van der Waals surface area contributed by atoms with Gasteiger partial charge in [0.15, 0.2) is 0 Å². The van der Waals surface area contributed by atoms with Gasteiger partial charge in [-0.3, -0.25) is 0 Å². The second-order valence-corrected chi connectivity index (χ2v) is 5.08. The molecular formula is C14H22N2O. The van der Waals surface area contributed by atoms with E-state index in [1.807, 2.05) is 19.1 Å². The number of nitrogens with zero attached hydrogens (tertiary/aromatic N) is 1. The normalized spacial score (nSPS) is 22.1. The van der Waals surface area contributed by atoms with Gasteiger partial charge >= 0.3 is 0 Å². The molecule has 1 aromatic rings. The summed E-state index contributed by atoms with van der Waals surface area (Å²) in [6.45, 7) is 4.29. The molecule has 1 aliphatic heterocycles. The number of hydrogen-bond donors (Lipinski definition) is 2. The minimum absolute atomic E-state index is 0.371. The van der Waals surface area contributed by atoms with E-state index in [0.717, 1.165) is 17.8 Å². The van der Waals surface area contributed by atoms with E-state index in [1.165, 1.54) is 25.8 Å². The average Bonchev–Trinajstić information content (AvgIpc) is 2.49. The van der Waals surface area contributed by atoms with E-state index in [2.05, 4.69) is 17.3 Å². The van der Waals surface area contributed by atoms with Gasteiger partial charge in [-0.2, -0.15) is 0 Å². The Morgan fingerprint density at radius 3 is 2.88 bits per heavy atom. The molecule has 0 aromatic heterocycles. The molecule has 1 heterocycles. The van der Waals surface area contributed by atoms with Crippen LogP contribution in [0.5, 0.6) is 5.75 Å². The van der Waals surface area contributed by atoms with Crippen molar-refractivity contribution < 1.29 is 5.11 Å². The number of aryl methyl sites for hydroxylation is 1. The van der Waals surface area contributed by atoms with Gasteiger partial charge < -0.3 is 15.3 Å². The molecule has 2 rings (SSSR count). The third kappa shape index (κ3) is 3.37. The molecule has 3 heteroatoms. The zero-order valence-electron chi connectivity index (χ0n) is 10.7. The van der Waals surface area contributed by atoms with Crippen LogP contribution in [-0.4, -0.2) is 36.2 Å². The van der Waals surface area contributed by atoms with Crippen molar-refractivity contribution in [3.05, 3.63) is 23.8 Å². The molecule has 0 radical (unpaired) electrons. The Morgan fingerprint density at radius 2 is 2.12 bits per heavy atom. The summed E-state index contributed by atoms with van der Waals surface area (Å²) in [7, 11) is 2.19. The van der Waals surface area contributed by atoms with Gasteiger partial charge in [0.05, 0.1) is 0 Å². The van der Waals surface area contributed by atoms with Crippen molar-refractivity contribution in [3.63, 3.8) is 0 Å². The van der Waals surface area contributed by atoms with Gasteiger partial charge in [-0.25, -0.2) is 0 Å². The second kappa shape index (κ2) is 5.41. The van der Waals surface area contributed by atoms with Crippen LogP contribution in [0.1, 0.15) is 24.8 Å². The SMILES string of the molecule is Cc1cc(NC2CCCN(C)CC2)ccc1O. The third-order valence-electron chi connectivity index (χ3n) is 3.52. The van der Waals surface area contributed by atoms with E-state index in [4.69, 9.17) is 0 Å². The summed E-state index contributed by atoms with van der Waals surface area (Å²) >= 11 is 0. The zero-order valence-corrected chi connectivity index (χ0v) is 10.7. The summed E-state index contributed by atoms with van der Waals surface area (Å²) in [6.07, 6.45) is 3.67. The number of phenols is 1. The van der Waals surface area contributed by atoms with Crippen LogP contribution < -0.4 is 5.32 Å². The predicted molar refractivity (Wildman–Crippen MR) is 71.6 cm³/mol. The topological polar surface area (TPSA) is 35.5 Å². The molecular weight excluding hydrogens is 212 g/mol. The molecule has 0 amide bonds. The molecule has 0 saturated carbocycles. The largest absolute Gasteiger partial charge is 0.508 e. The van der Waals surface area contributed by atoms with Crippen LogP contribution in [0, 0.1) is 6.92 Å².